The largest absolute Gasteiger partial charge is 0.370 e. The van der Waals surface area contributed by atoms with E-state index in [1.165, 1.54) is 11.8 Å². The number of benzene rings is 1. The van der Waals surface area contributed by atoms with Crippen LogP contribution in [0.4, 0.5) is 5.69 Å². The number of carbonyl (C=O) groups excluding carboxylic acids is 1. The predicted octanol–water partition coefficient (Wildman–Crippen LogP) is 4.63. The average molecular weight is 456 g/mol. The standard InChI is InChI=1S/C24H29N3O2S2/c1-15(2)14-27-23(29)20(31-24(27)30)13-18-21(26-11-9-16(3)10-12-26)17-7-5-6-8-19(17)25(4)22(18)28/h5-8,13,15-16H,9-12,14H2,1-4H3. The van der Waals surface area contributed by atoms with Crippen LogP contribution in [0.5, 0.6) is 0 Å². The van der Waals surface area contributed by atoms with Gasteiger partial charge in [-0.2, -0.15) is 0 Å². The summed E-state index contributed by atoms with van der Waals surface area (Å²) in [4.78, 5) is 31.1. The Kier molecular flexibility index (Phi) is 6.26. The zero-order valence-corrected chi connectivity index (χ0v) is 20.2. The number of aryl methyl sites for hydroxylation is 1. The van der Waals surface area contributed by atoms with Crippen LogP contribution in [0, 0.1) is 11.8 Å². The smallest absolute Gasteiger partial charge is 0.266 e. The molecule has 164 valence electrons. The SMILES string of the molecule is CC(C)CN1C(=O)C(=Cc2c(N3CCC(C)CC3)c3ccccc3n(C)c2=O)SC1=S. The van der Waals surface area contributed by atoms with Crippen LogP contribution in [0.15, 0.2) is 34.0 Å². The van der Waals surface area contributed by atoms with Crippen molar-refractivity contribution in [3.63, 3.8) is 0 Å². The van der Waals surface area contributed by atoms with Crippen molar-refractivity contribution in [1.29, 1.82) is 0 Å². The summed E-state index contributed by atoms with van der Waals surface area (Å²) in [5.41, 5.74) is 2.35. The zero-order valence-electron chi connectivity index (χ0n) is 18.6. The minimum atomic E-state index is -0.0999. The molecule has 1 aromatic heterocycles. The number of hydrogen-bond donors (Lipinski definition) is 0. The van der Waals surface area contributed by atoms with Crippen LogP contribution in [0.3, 0.4) is 0 Å². The van der Waals surface area contributed by atoms with E-state index in [-0.39, 0.29) is 11.5 Å². The number of rotatable bonds is 4. The van der Waals surface area contributed by atoms with E-state index in [1.807, 2.05) is 18.2 Å². The first-order chi connectivity index (χ1) is 14.8. The summed E-state index contributed by atoms with van der Waals surface area (Å²) in [6, 6.07) is 8.03. The number of aromatic nitrogens is 1. The number of para-hydroxylation sites is 1. The van der Waals surface area contributed by atoms with Gasteiger partial charge < -0.3 is 9.47 Å². The van der Waals surface area contributed by atoms with Crippen molar-refractivity contribution in [3.05, 3.63) is 45.1 Å². The molecule has 0 radical (unpaired) electrons. The molecule has 31 heavy (non-hydrogen) atoms. The molecule has 0 unspecified atom stereocenters. The number of hydrogen-bond acceptors (Lipinski definition) is 5. The van der Waals surface area contributed by atoms with E-state index in [2.05, 4.69) is 31.7 Å². The molecule has 2 aliphatic rings. The van der Waals surface area contributed by atoms with Crippen LogP contribution in [0.1, 0.15) is 39.2 Å². The summed E-state index contributed by atoms with van der Waals surface area (Å²) in [6.45, 7) is 8.82. The Labute approximate surface area is 193 Å². The number of amides is 1. The maximum absolute atomic E-state index is 13.5. The lowest BCUT2D eigenvalue weighted by Crippen LogP contribution is -2.35. The van der Waals surface area contributed by atoms with E-state index in [1.54, 1.807) is 22.6 Å². The van der Waals surface area contributed by atoms with Gasteiger partial charge in [-0.15, -0.1) is 0 Å². The molecule has 0 saturated carbocycles. The maximum Gasteiger partial charge on any atom is 0.266 e. The highest BCUT2D eigenvalue weighted by molar-refractivity contribution is 8.26. The number of thiocarbonyl (C=S) groups is 1. The Bertz CT molecular complexity index is 1130. The molecule has 4 rings (SSSR count). The molecule has 5 nitrogen and oxygen atoms in total. The van der Waals surface area contributed by atoms with Gasteiger partial charge in [-0.1, -0.05) is 63.0 Å². The number of fused-ring (bicyclic) bond motifs is 1. The van der Waals surface area contributed by atoms with Gasteiger partial charge in [-0.05, 0) is 36.8 Å². The molecular weight excluding hydrogens is 426 g/mol. The van der Waals surface area contributed by atoms with E-state index in [0.717, 1.165) is 42.5 Å². The molecule has 2 aliphatic heterocycles. The van der Waals surface area contributed by atoms with Gasteiger partial charge in [0.05, 0.1) is 21.7 Å². The quantitative estimate of drug-likeness (QED) is 0.497. The van der Waals surface area contributed by atoms with Gasteiger partial charge in [0.15, 0.2) is 0 Å². The van der Waals surface area contributed by atoms with Crippen LogP contribution < -0.4 is 10.5 Å². The topological polar surface area (TPSA) is 45.6 Å². The fourth-order valence-corrected chi connectivity index (χ4v) is 5.62. The number of thioether (sulfide) groups is 1. The third-order valence-corrected chi connectivity index (χ3v) is 7.49. The van der Waals surface area contributed by atoms with Crippen molar-refractivity contribution in [2.45, 2.75) is 33.6 Å². The highest BCUT2D eigenvalue weighted by atomic mass is 32.2. The van der Waals surface area contributed by atoms with E-state index in [4.69, 9.17) is 12.2 Å². The zero-order chi connectivity index (χ0) is 22.3. The van der Waals surface area contributed by atoms with Crippen molar-refractivity contribution in [3.8, 4) is 0 Å². The van der Waals surface area contributed by atoms with E-state index in [0.29, 0.717) is 33.2 Å². The Hall–Kier alpha value is -2.12. The molecule has 7 heteroatoms. The van der Waals surface area contributed by atoms with E-state index < -0.39 is 0 Å². The van der Waals surface area contributed by atoms with E-state index in [9.17, 15) is 9.59 Å². The summed E-state index contributed by atoms with van der Waals surface area (Å²) >= 11 is 6.77. The number of carbonyl (C=O) groups is 1. The molecule has 2 aromatic rings. The lowest BCUT2D eigenvalue weighted by Gasteiger charge is -2.34. The Balaban J connectivity index is 1.88. The molecule has 3 heterocycles. The van der Waals surface area contributed by atoms with Gasteiger partial charge in [0.2, 0.25) is 0 Å². The molecule has 0 aliphatic carbocycles. The minimum Gasteiger partial charge on any atom is -0.370 e. The monoisotopic (exact) mass is 455 g/mol. The fourth-order valence-electron chi connectivity index (χ4n) is 4.36. The van der Waals surface area contributed by atoms with Crippen LogP contribution in [-0.2, 0) is 11.8 Å². The highest BCUT2D eigenvalue weighted by Crippen LogP contribution is 2.37. The number of piperidine rings is 1. The number of pyridine rings is 1. The van der Waals surface area contributed by atoms with Gasteiger partial charge in [0.25, 0.3) is 11.5 Å². The first kappa shape index (κ1) is 22.1. The van der Waals surface area contributed by atoms with Crippen molar-refractivity contribution >= 4 is 56.9 Å². The van der Waals surface area contributed by atoms with Crippen molar-refractivity contribution in [2.24, 2.45) is 18.9 Å². The van der Waals surface area contributed by atoms with Crippen molar-refractivity contribution < 1.29 is 4.79 Å². The molecular formula is C24H29N3O2S2. The second-order valence-electron chi connectivity index (χ2n) is 9.00. The Morgan fingerprint density at radius 3 is 2.55 bits per heavy atom. The summed E-state index contributed by atoms with van der Waals surface area (Å²) in [5, 5.41) is 1.04. The van der Waals surface area contributed by atoms with Crippen LogP contribution in [-0.4, -0.2) is 39.3 Å². The van der Waals surface area contributed by atoms with Crippen LogP contribution >= 0.6 is 24.0 Å². The summed E-state index contributed by atoms with van der Waals surface area (Å²) in [7, 11) is 1.80. The Morgan fingerprint density at radius 1 is 1.19 bits per heavy atom. The molecule has 0 bridgehead atoms. The molecule has 0 spiro atoms. The average Bonchev–Trinajstić information content (AvgIpc) is 3.00. The lowest BCUT2D eigenvalue weighted by atomic mass is 9.97. The third-order valence-electron chi connectivity index (χ3n) is 6.11. The normalized spacial score (nSPS) is 19.5. The molecule has 2 fully saturated rings. The molecule has 1 amide bonds. The van der Waals surface area contributed by atoms with Crippen molar-refractivity contribution in [2.75, 3.05) is 24.5 Å². The van der Waals surface area contributed by atoms with Crippen LogP contribution in [0.2, 0.25) is 0 Å². The van der Waals surface area contributed by atoms with Gasteiger partial charge in [0.1, 0.15) is 4.32 Å². The first-order valence-electron chi connectivity index (χ1n) is 10.9. The molecule has 0 N–H and O–H groups in total. The van der Waals surface area contributed by atoms with Crippen molar-refractivity contribution in [1.82, 2.24) is 9.47 Å². The first-order valence-corrected chi connectivity index (χ1v) is 12.1. The number of nitrogens with zero attached hydrogens (tertiary/aromatic N) is 3. The van der Waals surface area contributed by atoms with Gasteiger partial charge in [-0.3, -0.25) is 14.5 Å². The summed E-state index contributed by atoms with van der Waals surface area (Å²) in [6.07, 6.45) is 3.97. The maximum atomic E-state index is 13.5. The van der Waals surface area contributed by atoms with Gasteiger partial charge in [-0.25, -0.2) is 0 Å². The molecule has 2 saturated heterocycles. The van der Waals surface area contributed by atoms with Gasteiger partial charge >= 0.3 is 0 Å². The second kappa shape index (κ2) is 8.79. The van der Waals surface area contributed by atoms with E-state index >= 15 is 0 Å². The Morgan fingerprint density at radius 2 is 1.87 bits per heavy atom. The molecule has 0 atom stereocenters. The molecule has 1 aromatic carbocycles. The highest BCUT2D eigenvalue weighted by Gasteiger charge is 2.33. The van der Waals surface area contributed by atoms with Gasteiger partial charge in [0, 0.05) is 32.1 Å². The number of anilines is 1. The fraction of sp³-hybridized carbons (Fsp3) is 0.458. The summed E-state index contributed by atoms with van der Waals surface area (Å²) < 4.78 is 2.25. The predicted molar refractivity (Wildman–Crippen MR) is 135 cm³/mol. The minimum absolute atomic E-state index is 0.0820. The van der Waals surface area contributed by atoms with Crippen LogP contribution in [0.25, 0.3) is 17.0 Å². The second-order valence-corrected chi connectivity index (χ2v) is 10.7. The lowest BCUT2D eigenvalue weighted by molar-refractivity contribution is -0.122. The third kappa shape index (κ3) is 4.17. The summed E-state index contributed by atoms with van der Waals surface area (Å²) in [5.74, 6) is 0.906.